The normalized spacial score (nSPS) is 13.0. The maximum absolute atomic E-state index is 12.5. The molecule has 5 heteroatoms. The van der Waals surface area contributed by atoms with E-state index in [0.29, 0.717) is 12.2 Å². The highest BCUT2D eigenvalue weighted by molar-refractivity contribution is 5.87. The van der Waals surface area contributed by atoms with Crippen molar-refractivity contribution in [1.29, 1.82) is 0 Å². The third kappa shape index (κ3) is 4.93. The fourth-order valence-corrected chi connectivity index (χ4v) is 2.42. The molecule has 126 valence electrons. The van der Waals surface area contributed by atoms with Gasteiger partial charge in [-0.3, -0.25) is 4.79 Å². The summed E-state index contributed by atoms with van der Waals surface area (Å²) < 4.78 is 5.52. The molecule has 0 aliphatic heterocycles. The van der Waals surface area contributed by atoms with Crippen molar-refractivity contribution >= 4 is 11.9 Å². The molecule has 0 fully saturated rings. The molecule has 0 saturated carbocycles. The number of hydrogen-bond donors (Lipinski definition) is 2. The lowest BCUT2D eigenvalue weighted by Crippen LogP contribution is -2.44. The Balaban J connectivity index is 2.12. The molecule has 0 aliphatic rings. The van der Waals surface area contributed by atoms with Gasteiger partial charge in [0, 0.05) is 13.0 Å². The molecule has 1 amide bonds. The van der Waals surface area contributed by atoms with Crippen LogP contribution >= 0.6 is 0 Å². The Hall–Kier alpha value is -2.66. The first-order chi connectivity index (χ1) is 11.6. The van der Waals surface area contributed by atoms with E-state index in [0.717, 1.165) is 5.56 Å². The smallest absolute Gasteiger partial charge is 0.326 e. The minimum atomic E-state index is -1.07. The molecular weight excluding hydrogens is 306 g/mol. The first-order valence-electron chi connectivity index (χ1n) is 7.85. The molecule has 0 heterocycles. The Morgan fingerprint density at radius 1 is 1.04 bits per heavy atom. The Kier molecular flexibility index (Phi) is 6.51. The van der Waals surface area contributed by atoms with Crippen molar-refractivity contribution in [2.75, 3.05) is 6.61 Å². The van der Waals surface area contributed by atoms with Crippen LogP contribution in [0.1, 0.15) is 24.2 Å². The fourth-order valence-electron chi connectivity index (χ4n) is 2.42. The molecule has 24 heavy (non-hydrogen) atoms. The second-order valence-corrected chi connectivity index (χ2v) is 5.34. The number of carboxylic acid groups (broad SMARTS) is 1. The van der Waals surface area contributed by atoms with Crippen LogP contribution in [0.3, 0.4) is 0 Å². The van der Waals surface area contributed by atoms with Gasteiger partial charge in [0.2, 0.25) is 0 Å². The van der Waals surface area contributed by atoms with Crippen molar-refractivity contribution in [3.05, 3.63) is 71.8 Å². The lowest BCUT2D eigenvalue weighted by molar-refractivity contribution is -0.144. The largest absolute Gasteiger partial charge is 0.480 e. The Labute approximate surface area is 141 Å². The van der Waals surface area contributed by atoms with Crippen molar-refractivity contribution in [2.45, 2.75) is 25.5 Å². The van der Waals surface area contributed by atoms with E-state index >= 15 is 0 Å². The van der Waals surface area contributed by atoms with Gasteiger partial charge in [-0.2, -0.15) is 0 Å². The molecule has 2 aromatic rings. The van der Waals surface area contributed by atoms with Crippen LogP contribution in [0.5, 0.6) is 0 Å². The van der Waals surface area contributed by atoms with Crippen LogP contribution in [0.15, 0.2) is 60.7 Å². The summed E-state index contributed by atoms with van der Waals surface area (Å²) >= 11 is 0. The summed E-state index contributed by atoms with van der Waals surface area (Å²) in [5.74, 6) is -1.53. The van der Waals surface area contributed by atoms with E-state index in [4.69, 9.17) is 4.74 Å². The van der Waals surface area contributed by atoms with E-state index in [1.807, 2.05) is 48.5 Å². The zero-order chi connectivity index (χ0) is 17.4. The standard InChI is InChI=1S/C19H21NO4/c1-2-24-17(15-11-7-4-8-12-15)18(21)20-16(19(22)23)13-14-9-5-3-6-10-14/h3-12,16-17H,2,13H2,1H3,(H,20,21)(H,22,23)/t16-,17?/m0/s1. The van der Waals surface area contributed by atoms with Crippen LogP contribution in [0.4, 0.5) is 0 Å². The highest BCUT2D eigenvalue weighted by Crippen LogP contribution is 2.18. The van der Waals surface area contributed by atoms with Crippen LogP contribution < -0.4 is 5.32 Å². The van der Waals surface area contributed by atoms with E-state index < -0.39 is 24.0 Å². The summed E-state index contributed by atoms with van der Waals surface area (Å²) in [4.78, 5) is 24.0. The summed E-state index contributed by atoms with van der Waals surface area (Å²) in [5, 5.41) is 12.0. The average Bonchev–Trinajstić information content (AvgIpc) is 2.60. The third-order valence-electron chi connectivity index (χ3n) is 3.57. The van der Waals surface area contributed by atoms with Crippen LogP contribution in [0, 0.1) is 0 Å². The molecule has 0 spiro atoms. The zero-order valence-electron chi connectivity index (χ0n) is 13.5. The van der Waals surface area contributed by atoms with E-state index in [1.54, 1.807) is 19.1 Å². The molecule has 2 atom stereocenters. The van der Waals surface area contributed by atoms with Crippen molar-refractivity contribution in [2.24, 2.45) is 0 Å². The molecule has 2 aromatic carbocycles. The number of ether oxygens (including phenoxy) is 1. The second kappa shape index (κ2) is 8.84. The topological polar surface area (TPSA) is 75.6 Å². The number of carboxylic acids is 1. The summed E-state index contributed by atoms with van der Waals surface area (Å²) in [6, 6.07) is 17.2. The molecule has 2 N–H and O–H groups in total. The predicted molar refractivity (Wildman–Crippen MR) is 90.5 cm³/mol. The highest BCUT2D eigenvalue weighted by atomic mass is 16.5. The van der Waals surface area contributed by atoms with Gasteiger partial charge in [0.15, 0.2) is 6.10 Å². The maximum Gasteiger partial charge on any atom is 0.326 e. The van der Waals surface area contributed by atoms with Crippen LogP contribution in [0.2, 0.25) is 0 Å². The van der Waals surface area contributed by atoms with Gasteiger partial charge in [0.25, 0.3) is 5.91 Å². The zero-order valence-corrected chi connectivity index (χ0v) is 13.5. The molecular formula is C19H21NO4. The van der Waals surface area contributed by atoms with Gasteiger partial charge >= 0.3 is 5.97 Å². The number of carbonyl (C=O) groups excluding carboxylic acids is 1. The minimum absolute atomic E-state index is 0.218. The first-order valence-corrected chi connectivity index (χ1v) is 7.85. The van der Waals surface area contributed by atoms with Gasteiger partial charge in [-0.15, -0.1) is 0 Å². The third-order valence-corrected chi connectivity index (χ3v) is 3.57. The SMILES string of the molecule is CCOC(C(=O)N[C@@H](Cc1ccccc1)C(=O)O)c1ccccc1. The number of amides is 1. The molecule has 0 bridgehead atoms. The first kappa shape index (κ1) is 17.7. The predicted octanol–water partition coefficient (Wildman–Crippen LogP) is 2.58. The van der Waals surface area contributed by atoms with Gasteiger partial charge in [-0.25, -0.2) is 4.79 Å². The van der Waals surface area contributed by atoms with E-state index in [9.17, 15) is 14.7 Å². The molecule has 0 aliphatic carbocycles. The number of hydrogen-bond acceptors (Lipinski definition) is 3. The van der Waals surface area contributed by atoms with Crippen molar-refractivity contribution < 1.29 is 19.4 Å². The summed E-state index contributed by atoms with van der Waals surface area (Å²) in [6.45, 7) is 2.14. The Morgan fingerprint density at radius 2 is 1.62 bits per heavy atom. The second-order valence-electron chi connectivity index (χ2n) is 5.34. The van der Waals surface area contributed by atoms with Crippen molar-refractivity contribution in [3.63, 3.8) is 0 Å². The van der Waals surface area contributed by atoms with E-state index in [2.05, 4.69) is 5.32 Å². The van der Waals surface area contributed by atoms with E-state index in [1.165, 1.54) is 0 Å². The molecule has 0 saturated heterocycles. The number of carbonyl (C=O) groups is 2. The monoisotopic (exact) mass is 327 g/mol. The number of rotatable bonds is 8. The summed E-state index contributed by atoms with van der Waals surface area (Å²) in [6.07, 6.45) is -0.607. The molecule has 2 rings (SSSR count). The lowest BCUT2D eigenvalue weighted by Gasteiger charge is -2.20. The highest BCUT2D eigenvalue weighted by Gasteiger charge is 2.26. The number of benzene rings is 2. The summed E-state index contributed by atoms with van der Waals surface area (Å²) in [7, 11) is 0. The van der Waals surface area contributed by atoms with E-state index in [-0.39, 0.29) is 6.42 Å². The number of aliphatic carboxylic acids is 1. The molecule has 0 aromatic heterocycles. The Bertz CT molecular complexity index is 658. The Morgan fingerprint density at radius 3 is 2.17 bits per heavy atom. The summed E-state index contributed by atoms with van der Waals surface area (Å²) in [5.41, 5.74) is 1.54. The van der Waals surface area contributed by atoms with Crippen LogP contribution in [-0.2, 0) is 20.7 Å². The van der Waals surface area contributed by atoms with Gasteiger partial charge in [-0.05, 0) is 18.1 Å². The van der Waals surface area contributed by atoms with Crippen molar-refractivity contribution in [1.82, 2.24) is 5.32 Å². The fraction of sp³-hybridized carbons (Fsp3) is 0.263. The molecule has 5 nitrogen and oxygen atoms in total. The van der Waals surface area contributed by atoms with Crippen molar-refractivity contribution in [3.8, 4) is 0 Å². The van der Waals surface area contributed by atoms with Gasteiger partial charge in [-0.1, -0.05) is 60.7 Å². The van der Waals surface area contributed by atoms with Gasteiger partial charge in [0.1, 0.15) is 6.04 Å². The van der Waals surface area contributed by atoms with Gasteiger partial charge in [0.05, 0.1) is 0 Å². The van der Waals surface area contributed by atoms with Crippen LogP contribution in [-0.4, -0.2) is 29.6 Å². The average molecular weight is 327 g/mol. The maximum atomic E-state index is 12.5. The molecule has 0 radical (unpaired) electrons. The van der Waals surface area contributed by atoms with Gasteiger partial charge < -0.3 is 15.2 Å². The lowest BCUT2D eigenvalue weighted by atomic mass is 10.0. The quantitative estimate of drug-likeness (QED) is 0.781. The molecule has 1 unspecified atom stereocenters. The minimum Gasteiger partial charge on any atom is -0.480 e. The number of nitrogens with one attached hydrogen (secondary N) is 1. The van der Waals surface area contributed by atoms with Crippen LogP contribution in [0.25, 0.3) is 0 Å².